The van der Waals surface area contributed by atoms with Crippen LogP contribution >= 0.6 is 11.8 Å². The first-order chi connectivity index (χ1) is 12.8. The number of alkyl halides is 3. The van der Waals surface area contributed by atoms with Gasteiger partial charge in [-0.05, 0) is 36.4 Å². The van der Waals surface area contributed by atoms with Gasteiger partial charge in [-0.1, -0.05) is 0 Å². The van der Waals surface area contributed by atoms with Gasteiger partial charge in [-0.2, -0.15) is 30.0 Å². The number of amides is 1. The van der Waals surface area contributed by atoms with Gasteiger partial charge >= 0.3 is 12.1 Å². The molecule has 2 heterocycles. The van der Waals surface area contributed by atoms with Gasteiger partial charge in [-0.3, -0.25) is 4.79 Å². The number of carbonyl (C=O) groups is 2. The molecule has 1 aromatic heterocycles. The molecule has 0 saturated carbocycles. The number of halogens is 3. The molecule has 1 fully saturated rings. The van der Waals surface area contributed by atoms with E-state index in [1.54, 1.807) is 16.7 Å². The first kappa shape index (κ1) is 19.3. The van der Waals surface area contributed by atoms with E-state index in [1.165, 1.54) is 24.3 Å². The Morgan fingerprint density at radius 1 is 1.11 bits per heavy atom. The van der Waals surface area contributed by atoms with Gasteiger partial charge in [0.2, 0.25) is 0 Å². The summed E-state index contributed by atoms with van der Waals surface area (Å²) in [6, 6.07) is 5.51. The average Bonchev–Trinajstić information content (AvgIpc) is 2.91. The SMILES string of the molecule is O=C(O)c1cnn(-c2ccc(C(=O)N3CCCSCC3)cc2)c1C(F)(F)F. The van der Waals surface area contributed by atoms with Gasteiger partial charge in [0, 0.05) is 24.4 Å². The Morgan fingerprint density at radius 2 is 1.81 bits per heavy atom. The van der Waals surface area contributed by atoms with Gasteiger partial charge in [0.1, 0.15) is 5.56 Å². The number of aromatic nitrogens is 2. The van der Waals surface area contributed by atoms with Crippen LogP contribution in [0.5, 0.6) is 0 Å². The molecule has 10 heteroatoms. The monoisotopic (exact) mass is 399 g/mol. The van der Waals surface area contributed by atoms with E-state index in [0.29, 0.717) is 29.5 Å². The van der Waals surface area contributed by atoms with Crippen molar-refractivity contribution in [2.24, 2.45) is 0 Å². The van der Waals surface area contributed by atoms with Crippen LogP contribution in [0.25, 0.3) is 5.69 Å². The number of aromatic carboxylic acids is 1. The average molecular weight is 399 g/mol. The summed E-state index contributed by atoms with van der Waals surface area (Å²) >= 11 is 1.78. The lowest BCUT2D eigenvalue weighted by Crippen LogP contribution is -2.32. The standard InChI is InChI=1S/C17H16F3N3O3S/c18-17(19,20)14-13(16(25)26)10-21-23(14)12-4-2-11(3-5-12)15(24)22-6-1-8-27-9-7-22/h2-5,10H,1,6-9H2,(H,25,26). The van der Waals surface area contributed by atoms with Crippen LogP contribution in [0, 0.1) is 0 Å². The van der Waals surface area contributed by atoms with Gasteiger partial charge in [-0.25, -0.2) is 9.48 Å². The second-order valence-corrected chi connectivity index (χ2v) is 7.15. The van der Waals surface area contributed by atoms with Crippen molar-refractivity contribution < 1.29 is 27.9 Å². The zero-order chi connectivity index (χ0) is 19.6. The van der Waals surface area contributed by atoms with Crippen molar-refractivity contribution in [2.75, 3.05) is 24.6 Å². The van der Waals surface area contributed by atoms with Crippen LogP contribution in [-0.2, 0) is 6.18 Å². The molecule has 1 aromatic carbocycles. The zero-order valence-corrected chi connectivity index (χ0v) is 14.9. The summed E-state index contributed by atoms with van der Waals surface area (Å²) in [4.78, 5) is 25.3. The predicted octanol–water partition coefficient (Wildman–Crippen LogP) is 3.17. The third kappa shape index (κ3) is 4.10. The van der Waals surface area contributed by atoms with Gasteiger partial charge in [0.25, 0.3) is 5.91 Å². The number of hydrogen-bond acceptors (Lipinski definition) is 4. The molecule has 0 unspecified atom stereocenters. The number of benzene rings is 1. The van der Waals surface area contributed by atoms with Crippen molar-refractivity contribution in [3.8, 4) is 5.69 Å². The number of thioether (sulfide) groups is 1. The van der Waals surface area contributed by atoms with Gasteiger partial charge in [0.15, 0.2) is 5.69 Å². The molecule has 3 rings (SSSR count). The molecule has 27 heavy (non-hydrogen) atoms. The van der Waals surface area contributed by atoms with Crippen LogP contribution in [0.15, 0.2) is 30.5 Å². The maximum Gasteiger partial charge on any atom is 0.434 e. The molecular formula is C17H16F3N3O3S. The largest absolute Gasteiger partial charge is 0.478 e. The Morgan fingerprint density at radius 3 is 2.44 bits per heavy atom. The molecule has 0 spiro atoms. The van der Waals surface area contributed by atoms with Crippen LogP contribution in [0.4, 0.5) is 13.2 Å². The highest BCUT2D eigenvalue weighted by atomic mass is 32.2. The van der Waals surface area contributed by atoms with E-state index in [2.05, 4.69) is 5.10 Å². The number of carboxylic acids is 1. The molecule has 144 valence electrons. The maximum absolute atomic E-state index is 13.3. The van der Waals surface area contributed by atoms with Crippen molar-refractivity contribution in [1.82, 2.24) is 14.7 Å². The summed E-state index contributed by atoms with van der Waals surface area (Å²) in [5.41, 5.74) is -1.90. The molecule has 0 atom stereocenters. The van der Waals surface area contributed by atoms with Gasteiger partial charge in [-0.15, -0.1) is 0 Å². The highest BCUT2D eigenvalue weighted by Crippen LogP contribution is 2.33. The van der Waals surface area contributed by atoms with Crippen LogP contribution in [0.1, 0.15) is 32.8 Å². The first-order valence-electron chi connectivity index (χ1n) is 8.15. The fourth-order valence-corrected chi connectivity index (χ4v) is 3.74. The number of rotatable bonds is 3. The second kappa shape index (κ2) is 7.63. The normalized spacial score (nSPS) is 15.4. The van der Waals surface area contributed by atoms with E-state index >= 15 is 0 Å². The Labute approximate surface area is 157 Å². The summed E-state index contributed by atoms with van der Waals surface area (Å²) in [6.07, 6.45) is -3.32. The lowest BCUT2D eigenvalue weighted by molar-refractivity contribution is -0.143. The van der Waals surface area contributed by atoms with E-state index in [9.17, 15) is 22.8 Å². The predicted molar refractivity (Wildman–Crippen MR) is 93.4 cm³/mol. The third-order valence-electron chi connectivity index (χ3n) is 4.14. The van der Waals surface area contributed by atoms with E-state index in [4.69, 9.17) is 5.11 Å². The minimum absolute atomic E-state index is 0.0257. The zero-order valence-electron chi connectivity index (χ0n) is 14.1. The lowest BCUT2D eigenvalue weighted by atomic mass is 10.1. The molecule has 1 aliphatic rings. The maximum atomic E-state index is 13.3. The van der Waals surface area contributed by atoms with Crippen molar-refractivity contribution in [3.05, 3.63) is 47.3 Å². The molecule has 1 saturated heterocycles. The molecule has 6 nitrogen and oxygen atoms in total. The molecule has 2 aromatic rings. The summed E-state index contributed by atoms with van der Waals surface area (Å²) in [5.74, 6) is -0.0378. The quantitative estimate of drug-likeness (QED) is 0.858. The smallest absolute Gasteiger partial charge is 0.434 e. The van der Waals surface area contributed by atoms with Crippen LogP contribution in [-0.4, -0.2) is 56.3 Å². The van der Waals surface area contributed by atoms with Crippen LogP contribution < -0.4 is 0 Å². The van der Waals surface area contributed by atoms with E-state index < -0.39 is 23.4 Å². The summed E-state index contributed by atoms with van der Waals surface area (Å²) in [6.45, 7) is 1.28. The van der Waals surface area contributed by atoms with Crippen molar-refractivity contribution in [2.45, 2.75) is 12.6 Å². The van der Waals surface area contributed by atoms with E-state index in [-0.39, 0.29) is 11.6 Å². The number of carboxylic acid groups (broad SMARTS) is 1. The first-order valence-corrected chi connectivity index (χ1v) is 9.30. The fourth-order valence-electron chi connectivity index (χ4n) is 2.85. The van der Waals surface area contributed by atoms with Crippen molar-refractivity contribution in [3.63, 3.8) is 0 Å². The highest BCUT2D eigenvalue weighted by molar-refractivity contribution is 7.99. The Hall–Kier alpha value is -2.49. The molecule has 1 aliphatic heterocycles. The minimum Gasteiger partial charge on any atom is -0.478 e. The molecule has 0 radical (unpaired) electrons. The Bertz CT molecular complexity index is 841. The highest BCUT2D eigenvalue weighted by Gasteiger charge is 2.40. The van der Waals surface area contributed by atoms with Crippen LogP contribution in [0.3, 0.4) is 0 Å². The third-order valence-corrected chi connectivity index (χ3v) is 5.19. The summed E-state index contributed by atoms with van der Waals surface area (Å²) in [7, 11) is 0. The molecule has 1 N–H and O–H groups in total. The fraction of sp³-hybridized carbons (Fsp3) is 0.353. The second-order valence-electron chi connectivity index (χ2n) is 5.93. The van der Waals surface area contributed by atoms with E-state index in [0.717, 1.165) is 17.9 Å². The Balaban J connectivity index is 1.90. The molecule has 0 bridgehead atoms. The van der Waals surface area contributed by atoms with Crippen molar-refractivity contribution >= 4 is 23.6 Å². The summed E-state index contributed by atoms with van der Waals surface area (Å²) < 4.78 is 40.4. The van der Waals surface area contributed by atoms with Crippen LogP contribution in [0.2, 0.25) is 0 Å². The van der Waals surface area contributed by atoms with Gasteiger partial charge in [0.05, 0.1) is 11.9 Å². The van der Waals surface area contributed by atoms with Crippen molar-refractivity contribution in [1.29, 1.82) is 0 Å². The van der Waals surface area contributed by atoms with Gasteiger partial charge < -0.3 is 10.0 Å². The Kier molecular flexibility index (Phi) is 5.45. The number of hydrogen-bond donors (Lipinski definition) is 1. The van der Waals surface area contributed by atoms with E-state index in [1.807, 2.05) is 0 Å². The molecular weight excluding hydrogens is 383 g/mol. The number of nitrogens with zero attached hydrogens (tertiary/aromatic N) is 3. The topological polar surface area (TPSA) is 75.4 Å². The number of carbonyl (C=O) groups excluding carboxylic acids is 1. The minimum atomic E-state index is -4.89. The molecule has 0 aliphatic carbocycles. The summed E-state index contributed by atoms with van der Waals surface area (Å²) in [5, 5.41) is 12.5. The lowest BCUT2D eigenvalue weighted by Gasteiger charge is -2.20. The molecule has 1 amide bonds.